The second-order valence-corrected chi connectivity index (χ2v) is 7.62. The molecule has 0 rings (SSSR count). The first-order valence-corrected chi connectivity index (χ1v) is 9.09. The number of hydrogen-bond donors (Lipinski definition) is 0. The van der Waals surface area contributed by atoms with E-state index in [-0.39, 0.29) is 49.6 Å². The molecule has 0 aromatic heterocycles. The van der Waals surface area contributed by atoms with Crippen molar-refractivity contribution < 1.29 is 28.6 Å². The molecule has 6 heteroatoms. The van der Waals surface area contributed by atoms with Crippen molar-refractivity contribution in [2.75, 3.05) is 19.8 Å². The number of ether oxygens (including phenoxy) is 3. The van der Waals surface area contributed by atoms with Gasteiger partial charge in [0.25, 0.3) is 0 Å². The Balaban J connectivity index is 4.58. The Morgan fingerprint density at radius 3 is 1.60 bits per heavy atom. The summed E-state index contributed by atoms with van der Waals surface area (Å²) in [6.45, 7) is 12.6. The summed E-state index contributed by atoms with van der Waals surface area (Å²) in [5.74, 6) is -1.30. The van der Waals surface area contributed by atoms with E-state index in [4.69, 9.17) is 14.2 Å². The summed E-state index contributed by atoms with van der Waals surface area (Å²) in [5.41, 5.74) is 0. The molecule has 0 N–H and O–H groups in total. The van der Waals surface area contributed by atoms with Gasteiger partial charge < -0.3 is 14.2 Å². The largest absolute Gasteiger partial charge is 0.465 e. The van der Waals surface area contributed by atoms with Crippen LogP contribution in [0.25, 0.3) is 0 Å². The predicted molar refractivity (Wildman–Crippen MR) is 94.7 cm³/mol. The highest BCUT2D eigenvalue weighted by Gasteiger charge is 2.26. The second-order valence-electron chi connectivity index (χ2n) is 7.62. The van der Waals surface area contributed by atoms with Crippen LogP contribution in [0.3, 0.4) is 0 Å². The van der Waals surface area contributed by atoms with Crippen LogP contribution in [0, 0.1) is 23.7 Å². The summed E-state index contributed by atoms with van der Waals surface area (Å²) in [4.78, 5) is 35.9. The van der Waals surface area contributed by atoms with Gasteiger partial charge in [-0.2, -0.15) is 0 Å². The fourth-order valence-electron chi connectivity index (χ4n) is 1.81. The number of hydrogen-bond acceptors (Lipinski definition) is 6. The maximum absolute atomic E-state index is 12.2. The topological polar surface area (TPSA) is 78.9 Å². The Morgan fingerprint density at radius 1 is 0.680 bits per heavy atom. The molecule has 6 nitrogen and oxygen atoms in total. The Morgan fingerprint density at radius 2 is 1.12 bits per heavy atom. The van der Waals surface area contributed by atoms with Crippen molar-refractivity contribution in [3.63, 3.8) is 0 Å². The monoisotopic (exact) mass is 358 g/mol. The van der Waals surface area contributed by atoms with E-state index < -0.39 is 17.9 Å². The van der Waals surface area contributed by atoms with Crippen molar-refractivity contribution in [2.45, 2.75) is 60.8 Å². The zero-order chi connectivity index (χ0) is 19.4. The van der Waals surface area contributed by atoms with Gasteiger partial charge in [-0.3, -0.25) is 14.4 Å². The van der Waals surface area contributed by atoms with Crippen LogP contribution in [0.5, 0.6) is 0 Å². The molecule has 0 saturated carbocycles. The minimum atomic E-state index is -0.690. The molecule has 1 atom stereocenters. The maximum atomic E-state index is 12.2. The molecule has 0 saturated heterocycles. The minimum Gasteiger partial charge on any atom is -0.465 e. The number of rotatable bonds is 12. The average Bonchev–Trinajstić information content (AvgIpc) is 2.52. The summed E-state index contributed by atoms with van der Waals surface area (Å²) in [5, 5.41) is 0. The molecule has 1 unspecified atom stereocenters. The lowest BCUT2D eigenvalue weighted by Crippen LogP contribution is -2.25. The van der Waals surface area contributed by atoms with Gasteiger partial charge in [-0.1, -0.05) is 41.5 Å². The van der Waals surface area contributed by atoms with Crippen LogP contribution < -0.4 is 0 Å². The Labute approximate surface area is 151 Å². The van der Waals surface area contributed by atoms with E-state index in [9.17, 15) is 14.4 Å². The molecule has 0 aromatic carbocycles. The van der Waals surface area contributed by atoms with E-state index in [1.807, 2.05) is 41.5 Å². The van der Waals surface area contributed by atoms with Crippen molar-refractivity contribution in [1.29, 1.82) is 0 Å². The lowest BCUT2D eigenvalue weighted by molar-refractivity contribution is -0.157. The van der Waals surface area contributed by atoms with Crippen LogP contribution in [0.1, 0.15) is 60.8 Å². The minimum absolute atomic E-state index is 0.0750. The number of carbonyl (C=O) groups excluding carboxylic acids is 3. The van der Waals surface area contributed by atoms with Crippen LogP contribution in [-0.4, -0.2) is 37.7 Å². The molecule has 25 heavy (non-hydrogen) atoms. The molecule has 0 radical (unpaired) electrons. The highest BCUT2D eigenvalue weighted by atomic mass is 16.5. The van der Waals surface area contributed by atoms with E-state index >= 15 is 0 Å². The Kier molecular flexibility index (Phi) is 11.9. The summed E-state index contributed by atoms with van der Waals surface area (Å²) < 4.78 is 15.5. The van der Waals surface area contributed by atoms with Crippen LogP contribution >= 0.6 is 0 Å². The normalized spacial score (nSPS) is 12.4. The van der Waals surface area contributed by atoms with Gasteiger partial charge in [-0.05, 0) is 24.2 Å². The summed E-state index contributed by atoms with van der Waals surface area (Å²) in [7, 11) is 0. The highest BCUT2D eigenvalue weighted by molar-refractivity contribution is 5.80. The van der Waals surface area contributed by atoms with Crippen LogP contribution in [0.2, 0.25) is 0 Å². The van der Waals surface area contributed by atoms with E-state index in [0.717, 1.165) is 0 Å². The first-order chi connectivity index (χ1) is 11.6. The zero-order valence-corrected chi connectivity index (χ0v) is 16.5. The summed E-state index contributed by atoms with van der Waals surface area (Å²) in [6, 6.07) is 0. The predicted octanol–water partition coefficient (Wildman–Crippen LogP) is 3.37. The van der Waals surface area contributed by atoms with Crippen molar-refractivity contribution in [3.8, 4) is 0 Å². The summed E-state index contributed by atoms with van der Waals surface area (Å²) >= 11 is 0. The van der Waals surface area contributed by atoms with Gasteiger partial charge >= 0.3 is 17.9 Å². The Bertz CT molecular complexity index is 414. The van der Waals surface area contributed by atoms with E-state index in [0.29, 0.717) is 13.2 Å². The van der Waals surface area contributed by atoms with Crippen molar-refractivity contribution in [3.05, 3.63) is 0 Å². The van der Waals surface area contributed by atoms with Crippen LogP contribution in [0.4, 0.5) is 0 Å². The first-order valence-electron chi connectivity index (χ1n) is 9.09. The second kappa shape index (κ2) is 12.7. The average molecular weight is 358 g/mol. The van der Waals surface area contributed by atoms with Crippen LogP contribution in [0.15, 0.2) is 0 Å². The van der Waals surface area contributed by atoms with Crippen LogP contribution in [-0.2, 0) is 28.6 Å². The molecule has 0 aliphatic rings. The lowest BCUT2D eigenvalue weighted by Gasteiger charge is -2.17. The third-order valence-corrected chi connectivity index (χ3v) is 3.16. The quantitative estimate of drug-likeness (QED) is 0.393. The van der Waals surface area contributed by atoms with Crippen molar-refractivity contribution in [1.82, 2.24) is 0 Å². The summed E-state index contributed by atoms with van der Waals surface area (Å²) in [6.07, 6.45) is 0.206. The fourth-order valence-corrected chi connectivity index (χ4v) is 1.81. The molecular weight excluding hydrogens is 324 g/mol. The lowest BCUT2D eigenvalue weighted by atomic mass is 9.99. The highest BCUT2D eigenvalue weighted by Crippen LogP contribution is 2.16. The molecule has 0 heterocycles. The molecule has 0 spiro atoms. The molecule has 0 aliphatic heterocycles. The van der Waals surface area contributed by atoms with Gasteiger partial charge in [0, 0.05) is 6.42 Å². The molecule has 0 aliphatic carbocycles. The smallest absolute Gasteiger partial charge is 0.309 e. The zero-order valence-electron chi connectivity index (χ0n) is 16.5. The van der Waals surface area contributed by atoms with E-state index in [1.54, 1.807) is 0 Å². The van der Waals surface area contributed by atoms with Gasteiger partial charge in [0.15, 0.2) is 0 Å². The first kappa shape index (κ1) is 23.4. The van der Waals surface area contributed by atoms with E-state index in [2.05, 4.69) is 0 Å². The number of esters is 3. The molecule has 0 aromatic rings. The maximum Gasteiger partial charge on any atom is 0.309 e. The number of carbonyl (C=O) groups is 3. The van der Waals surface area contributed by atoms with Gasteiger partial charge in [-0.15, -0.1) is 0 Å². The van der Waals surface area contributed by atoms with Gasteiger partial charge in [0.1, 0.15) is 0 Å². The molecule has 146 valence electrons. The van der Waals surface area contributed by atoms with Gasteiger partial charge in [-0.25, -0.2) is 0 Å². The van der Waals surface area contributed by atoms with E-state index in [1.165, 1.54) is 0 Å². The Hall–Kier alpha value is -1.59. The standard InChI is InChI=1S/C19H34O6/c1-13(2)10-23-17(20)8-7-16(19(22)25-12-15(5)6)9-18(21)24-11-14(3)4/h13-16H,7-12H2,1-6H3. The fraction of sp³-hybridized carbons (Fsp3) is 0.842. The molecular formula is C19H34O6. The molecule has 0 bridgehead atoms. The third-order valence-electron chi connectivity index (χ3n) is 3.16. The SMILES string of the molecule is CC(C)COC(=O)CCC(CC(=O)OCC(C)C)C(=O)OCC(C)C. The molecule has 0 amide bonds. The van der Waals surface area contributed by atoms with Gasteiger partial charge in [0.05, 0.1) is 32.2 Å². The van der Waals surface area contributed by atoms with Crippen molar-refractivity contribution >= 4 is 17.9 Å². The third kappa shape index (κ3) is 13.4. The molecule has 0 fully saturated rings. The van der Waals surface area contributed by atoms with Crippen molar-refractivity contribution in [2.24, 2.45) is 23.7 Å². The van der Waals surface area contributed by atoms with Gasteiger partial charge in [0.2, 0.25) is 0 Å².